The molecule has 0 aliphatic heterocycles. The van der Waals surface area contributed by atoms with Gasteiger partial charge in [0.1, 0.15) is 0 Å². The normalized spacial score (nSPS) is 12.6. The monoisotopic (exact) mass is 369 g/mol. The quantitative estimate of drug-likeness (QED) is 0.745. The van der Waals surface area contributed by atoms with E-state index in [-0.39, 0.29) is 30.2 Å². The van der Waals surface area contributed by atoms with Crippen LogP contribution >= 0.6 is 15.9 Å². The Kier molecular flexibility index (Phi) is 6.56. The van der Waals surface area contributed by atoms with Crippen molar-refractivity contribution in [1.82, 2.24) is 5.32 Å². The summed E-state index contributed by atoms with van der Waals surface area (Å²) in [6.07, 6.45) is 0.203. The van der Waals surface area contributed by atoms with Gasteiger partial charge < -0.3 is 16.4 Å². The van der Waals surface area contributed by atoms with E-state index in [9.17, 15) is 9.59 Å². The zero-order valence-electron chi connectivity index (χ0n) is 13.5. The fourth-order valence-corrected chi connectivity index (χ4v) is 2.11. The lowest BCUT2D eigenvalue weighted by molar-refractivity contribution is -0.124. The summed E-state index contributed by atoms with van der Waals surface area (Å²) in [5, 5.41) is 5.53. The first-order chi connectivity index (χ1) is 10.1. The van der Waals surface area contributed by atoms with Gasteiger partial charge in [-0.2, -0.15) is 0 Å². The maximum Gasteiger partial charge on any atom is 0.237 e. The number of halogens is 1. The van der Waals surface area contributed by atoms with Crippen LogP contribution in [0.5, 0.6) is 0 Å². The van der Waals surface area contributed by atoms with Crippen molar-refractivity contribution in [2.75, 3.05) is 11.9 Å². The van der Waals surface area contributed by atoms with Gasteiger partial charge in [-0.25, -0.2) is 0 Å². The molecule has 5 nitrogen and oxygen atoms in total. The third-order valence-electron chi connectivity index (χ3n) is 3.34. The molecule has 0 aliphatic carbocycles. The molecular formula is C16H24BrN3O2. The van der Waals surface area contributed by atoms with Crippen LogP contribution in [0.15, 0.2) is 22.7 Å². The summed E-state index contributed by atoms with van der Waals surface area (Å²) in [6, 6.07) is 5.09. The lowest BCUT2D eigenvalue weighted by Crippen LogP contribution is -2.49. The lowest BCUT2D eigenvalue weighted by atomic mass is 9.87. The zero-order valence-corrected chi connectivity index (χ0v) is 15.1. The summed E-state index contributed by atoms with van der Waals surface area (Å²) < 4.78 is 0.901. The molecule has 4 N–H and O–H groups in total. The number of benzene rings is 1. The molecule has 0 saturated heterocycles. The molecule has 1 rings (SSSR count). The number of amides is 2. The van der Waals surface area contributed by atoms with Gasteiger partial charge in [-0.05, 0) is 30.0 Å². The molecule has 122 valence electrons. The van der Waals surface area contributed by atoms with Crippen LogP contribution in [0.3, 0.4) is 0 Å². The predicted octanol–water partition coefficient (Wildman–Crippen LogP) is 2.58. The van der Waals surface area contributed by atoms with E-state index >= 15 is 0 Å². The van der Waals surface area contributed by atoms with Crippen molar-refractivity contribution in [1.29, 1.82) is 0 Å². The minimum Gasteiger partial charge on any atom is -0.354 e. The molecule has 0 heterocycles. The molecule has 0 spiro atoms. The van der Waals surface area contributed by atoms with E-state index in [0.29, 0.717) is 0 Å². The highest BCUT2D eigenvalue weighted by atomic mass is 79.9. The SMILES string of the molecule is Cc1ccc(Br)cc1NC(=O)CCNC(=O)[C@@H](N)C(C)(C)C. The van der Waals surface area contributed by atoms with Crippen LogP contribution in [-0.4, -0.2) is 24.4 Å². The van der Waals surface area contributed by atoms with E-state index in [1.54, 1.807) is 0 Å². The second-order valence-electron chi connectivity index (χ2n) is 6.39. The van der Waals surface area contributed by atoms with Gasteiger partial charge in [0.15, 0.2) is 0 Å². The Hall–Kier alpha value is -1.40. The van der Waals surface area contributed by atoms with E-state index in [1.165, 1.54) is 0 Å². The van der Waals surface area contributed by atoms with Crippen LogP contribution in [-0.2, 0) is 9.59 Å². The molecular weight excluding hydrogens is 346 g/mol. The highest BCUT2D eigenvalue weighted by Gasteiger charge is 2.27. The highest BCUT2D eigenvalue weighted by Crippen LogP contribution is 2.20. The maximum atomic E-state index is 11.9. The summed E-state index contributed by atoms with van der Waals surface area (Å²) in [7, 11) is 0. The van der Waals surface area contributed by atoms with Crippen LogP contribution < -0.4 is 16.4 Å². The minimum absolute atomic E-state index is 0.147. The van der Waals surface area contributed by atoms with Crippen molar-refractivity contribution in [3.8, 4) is 0 Å². The molecule has 22 heavy (non-hydrogen) atoms. The summed E-state index contributed by atoms with van der Waals surface area (Å²) >= 11 is 3.37. The van der Waals surface area contributed by atoms with Crippen LogP contribution in [0.4, 0.5) is 5.69 Å². The van der Waals surface area contributed by atoms with Gasteiger partial charge in [-0.3, -0.25) is 9.59 Å². The predicted molar refractivity (Wildman–Crippen MR) is 92.6 cm³/mol. The number of aryl methyl sites for hydroxylation is 1. The molecule has 1 aromatic rings. The molecule has 6 heteroatoms. The Morgan fingerprint density at radius 3 is 2.55 bits per heavy atom. The van der Waals surface area contributed by atoms with Crippen LogP contribution in [0.1, 0.15) is 32.8 Å². The molecule has 0 saturated carbocycles. The highest BCUT2D eigenvalue weighted by molar-refractivity contribution is 9.10. The smallest absolute Gasteiger partial charge is 0.237 e. The minimum atomic E-state index is -0.595. The van der Waals surface area contributed by atoms with E-state index in [0.717, 1.165) is 15.7 Å². The van der Waals surface area contributed by atoms with E-state index in [4.69, 9.17) is 5.73 Å². The van der Waals surface area contributed by atoms with Crippen molar-refractivity contribution in [2.24, 2.45) is 11.1 Å². The molecule has 0 fully saturated rings. The van der Waals surface area contributed by atoms with Crippen LogP contribution in [0.25, 0.3) is 0 Å². The van der Waals surface area contributed by atoms with Gasteiger partial charge in [0.25, 0.3) is 0 Å². The van der Waals surface area contributed by atoms with Gasteiger partial charge in [-0.1, -0.05) is 42.8 Å². The number of rotatable bonds is 5. The zero-order chi connectivity index (χ0) is 16.9. The third-order valence-corrected chi connectivity index (χ3v) is 3.83. The van der Waals surface area contributed by atoms with Gasteiger partial charge >= 0.3 is 0 Å². The summed E-state index contributed by atoms with van der Waals surface area (Å²) in [4.78, 5) is 23.8. The van der Waals surface area contributed by atoms with Gasteiger partial charge in [-0.15, -0.1) is 0 Å². The fourth-order valence-electron chi connectivity index (χ4n) is 1.74. The lowest BCUT2D eigenvalue weighted by Gasteiger charge is -2.25. The topological polar surface area (TPSA) is 84.2 Å². The van der Waals surface area contributed by atoms with Crippen molar-refractivity contribution >= 4 is 33.4 Å². The Morgan fingerprint density at radius 1 is 1.32 bits per heavy atom. The molecule has 0 bridgehead atoms. The number of hydrogen-bond acceptors (Lipinski definition) is 3. The number of carbonyl (C=O) groups excluding carboxylic acids is 2. The van der Waals surface area contributed by atoms with Gasteiger partial charge in [0, 0.05) is 23.1 Å². The third kappa shape index (κ3) is 5.77. The first-order valence-electron chi connectivity index (χ1n) is 7.20. The van der Waals surface area contributed by atoms with Crippen LogP contribution in [0.2, 0.25) is 0 Å². The van der Waals surface area contributed by atoms with E-state index in [1.807, 2.05) is 45.9 Å². The molecule has 1 aromatic carbocycles. The van der Waals surface area contributed by atoms with Crippen molar-refractivity contribution < 1.29 is 9.59 Å². The maximum absolute atomic E-state index is 11.9. The number of anilines is 1. The molecule has 0 aliphatic rings. The number of hydrogen-bond donors (Lipinski definition) is 3. The molecule has 0 unspecified atom stereocenters. The second-order valence-corrected chi connectivity index (χ2v) is 7.31. The first kappa shape index (κ1) is 18.6. The van der Waals surface area contributed by atoms with Gasteiger partial charge in [0.05, 0.1) is 6.04 Å². The summed E-state index contributed by atoms with van der Waals surface area (Å²) in [5.41, 5.74) is 7.29. The second kappa shape index (κ2) is 7.74. The Labute approximate surface area is 140 Å². The fraction of sp³-hybridized carbons (Fsp3) is 0.500. The molecule has 0 radical (unpaired) electrons. The average Bonchev–Trinajstić information content (AvgIpc) is 2.40. The van der Waals surface area contributed by atoms with E-state index in [2.05, 4.69) is 26.6 Å². The number of nitrogens with one attached hydrogen (secondary N) is 2. The van der Waals surface area contributed by atoms with Crippen LogP contribution in [0, 0.1) is 12.3 Å². The first-order valence-corrected chi connectivity index (χ1v) is 8.00. The molecule has 1 atom stereocenters. The molecule has 0 aromatic heterocycles. The standard InChI is InChI=1S/C16H24BrN3O2/c1-10-5-6-11(17)9-12(10)20-13(21)7-8-19-15(22)14(18)16(2,3)4/h5-6,9,14H,7-8,18H2,1-4H3,(H,19,22)(H,20,21)/t14-/m1/s1. The number of carbonyl (C=O) groups is 2. The largest absolute Gasteiger partial charge is 0.354 e. The Balaban J connectivity index is 2.44. The summed E-state index contributed by atoms with van der Waals surface area (Å²) in [5.74, 6) is -0.384. The van der Waals surface area contributed by atoms with E-state index < -0.39 is 6.04 Å². The molecule has 2 amide bonds. The number of nitrogens with two attached hydrogens (primary N) is 1. The summed E-state index contributed by atoms with van der Waals surface area (Å²) in [6.45, 7) is 7.90. The van der Waals surface area contributed by atoms with Gasteiger partial charge in [0.2, 0.25) is 11.8 Å². The average molecular weight is 370 g/mol. The Bertz CT molecular complexity index is 553. The van der Waals surface area contributed by atoms with Crippen molar-refractivity contribution in [3.63, 3.8) is 0 Å². The van der Waals surface area contributed by atoms with Crippen molar-refractivity contribution in [3.05, 3.63) is 28.2 Å². The van der Waals surface area contributed by atoms with Crippen molar-refractivity contribution in [2.45, 2.75) is 40.2 Å². The Morgan fingerprint density at radius 2 is 1.95 bits per heavy atom.